The number of amides is 1. The Bertz CT molecular complexity index is 433. The first-order valence-corrected chi connectivity index (χ1v) is 6.48. The van der Waals surface area contributed by atoms with E-state index in [-0.39, 0.29) is 12.0 Å². The summed E-state index contributed by atoms with van der Waals surface area (Å²) in [7, 11) is 0. The molecule has 1 aromatic carbocycles. The zero-order chi connectivity index (χ0) is 13.0. The number of ether oxygens (including phenoxy) is 2. The second kappa shape index (κ2) is 6.29. The van der Waals surface area contributed by atoms with Crippen LogP contribution in [-0.2, 0) is 16.1 Å². The van der Waals surface area contributed by atoms with Gasteiger partial charge in [-0.25, -0.2) is 5.84 Å². The predicted molar refractivity (Wildman–Crippen MR) is 69.8 cm³/mol. The van der Waals surface area contributed by atoms with Crippen LogP contribution >= 0.6 is 15.9 Å². The molecule has 0 aromatic heterocycles. The zero-order valence-corrected chi connectivity index (χ0v) is 11.4. The van der Waals surface area contributed by atoms with Gasteiger partial charge in [0, 0.05) is 16.6 Å². The number of hydrogen-bond acceptors (Lipinski definition) is 4. The fourth-order valence-corrected chi connectivity index (χ4v) is 2.23. The molecule has 3 N–H and O–H groups in total. The van der Waals surface area contributed by atoms with Gasteiger partial charge in [0.15, 0.2) is 0 Å². The van der Waals surface area contributed by atoms with Gasteiger partial charge in [-0.1, -0.05) is 22.0 Å². The van der Waals surface area contributed by atoms with Crippen molar-refractivity contribution in [2.45, 2.75) is 19.1 Å². The lowest BCUT2D eigenvalue weighted by atomic mass is 10.1. The van der Waals surface area contributed by atoms with Crippen molar-refractivity contribution in [2.75, 3.05) is 13.2 Å². The molecule has 0 aliphatic carbocycles. The number of hydrazine groups is 1. The maximum atomic E-state index is 11.3. The monoisotopic (exact) mass is 314 g/mol. The molecule has 2 rings (SSSR count). The molecule has 1 heterocycles. The molecule has 5 nitrogen and oxygen atoms in total. The number of halogens is 1. The van der Waals surface area contributed by atoms with Crippen LogP contribution in [0, 0.1) is 0 Å². The van der Waals surface area contributed by atoms with E-state index in [1.165, 1.54) is 0 Å². The Morgan fingerprint density at radius 2 is 2.44 bits per heavy atom. The third kappa shape index (κ3) is 3.29. The summed E-state index contributed by atoms with van der Waals surface area (Å²) in [4.78, 5) is 11.3. The highest BCUT2D eigenvalue weighted by molar-refractivity contribution is 9.10. The van der Waals surface area contributed by atoms with Gasteiger partial charge in [-0.05, 0) is 24.1 Å². The SMILES string of the molecule is NNC(=O)c1ccc(COC2CCOC2)c(Br)c1. The van der Waals surface area contributed by atoms with Crippen molar-refractivity contribution in [3.8, 4) is 0 Å². The molecule has 1 aromatic rings. The van der Waals surface area contributed by atoms with Crippen LogP contribution in [0.15, 0.2) is 22.7 Å². The summed E-state index contributed by atoms with van der Waals surface area (Å²) in [6, 6.07) is 5.30. The number of hydrogen-bond donors (Lipinski definition) is 2. The third-order valence-corrected chi connectivity index (χ3v) is 3.55. The average molecular weight is 315 g/mol. The summed E-state index contributed by atoms with van der Waals surface area (Å²) in [5, 5.41) is 0. The normalized spacial score (nSPS) is 18.9. The van der Waals surface area contributed by atoms with Crippen LogP contribution in [0.5, 0.6) is 0 Å². The molecule has 6 heteroatoms. The van der Waals surface area contributed by atoms with Crippen molar-refractivity contribution in [3.05, 3.63) is 33.8 Å². The largest absolute Gasteiger partial charge is 0.379 e. The molecular formula is C12H15BrN2O3. The summed E-state index contributed by atoms with van der Waals surface area (Å²) in [5.41, 5.74) is 3.60. The number of carbonyl (C=O) groups excluding carboxylic acids is 1. The fourth-order valence-electron chi connectivity index (χ4n) is 1.74. The molecule has 1 fully saturated rings. The van der Waals surface area contributed by atoms with E-state index in [1.54, 1.807) is 12.1 Å². The Morgan fingerprint density at radius 1 is 1.61 bits per heavy atom. The van der Waals surface area contributed by atoms with E-state index >= 15 is 0 Å². The molecule has 1 aliphatic heterocycles. The van der Waals surface area contributed by atoms with Gasteiger partial charge >= 0.3 is 0 Å². The van der Waals surface area contributed by atoms with E-state index < -0.39 is 0 Å². The number of rotatable bonds is 4. The van der Waals surface area contributed by atoms with E-state index in [1.807, 2.05) is 6.07 Å². The Balaban J connectivity index is 1.98. The lowest BCUT2D eigenvalue weighted by Gasteiger charge is -2.11. The van der Waals surface area contributed by atoms with E-state index in [9.17, 15) is 4.79 Å². The molecule has 1 aliphatic rings. The minimum Gasteiger partial charge on any atom is -0.379 e. The van der Waals surface area contributed by atoms with Crippen LogP contribution in [0.1, 0.15) is 22.3 Å². The molecule has 0 radical (unpaired) electrons. The van der Waals surface area contributed by atoms with Gasteiger partial charge in [0.25, 0.3) is 5.91 Å². The standard InChI is InChI=1S/C12H15BrN2O3/c13-11-5-8(12(16)15-14)1-2-9(11)6-18-10-3-4-17-7-10/h1-2,5,10H,3-4,6-7,14H2,(H,15,16). The fraction of sp³-hybridized carbons (Fsp3) is 0.417. The van der Waals surface area contributed by atoms with Gasteiger partial charge in [0.05, 0.1) is 19.3 Å². The molecular weight excluding hydrogens is 300 g/mol. The lowest BCUT2D eigenvalue weighted by Crippen LogP contribution is -2.29. The van der Waals surface area contributed by atoms with Crippen LogP contribution in [0.2, 0.25) is 0 Å². The number of nitrogens with two attached hydrogens (primary N) is 1. The maximum Gasteiger partial charge on any atom is 0.265 e. The van der Waals surface area contributed by atoms with Crippen LogP contribution in [0.3, 0.4) is 0 Å². The second-order valence-electron chi connectivity index (χ2n) is 4.08. The molecule has 0 spiro atoms. The molecule has 1 saturated heterocycles. The highest BCUT2D eigenvalue weighted by Gasteiger charge is 2.16. The first kappa shape index (κ1) is 13.5. The summed E-state index contributed by atoms with van der Waals surface area (Å²) < 4.78 is 11.8. The van der Waals surface area contributed by atoms with Crippen molar-refractivity contribution in [3.63, 3.8) is 0 Å². The van der Waals surface area contributed by atoms with Gasteiger partial charge in [-0.3, -0.25) is 10.2 Å². The van der Waals surface area contributed by atoms with E-state index in [0.717, 1.165) is 23.1 Å². The van der Waals surface area contributed by atoms with Crippen molar-refractivity contribution in [2.24, 2.45) is 5.84 Å². The molecule has 0 bridgehead atoms. The van der Waals surface area contributed by atoms with E-state index in [4.69, 9.17) is 15.3 Å². The highest BCUT2D eigenvalue weighted by Crippen LogP contribution is 2.21. The summed E-state index contributed by atoms with van der Waals surface area (Å²) >= 11 is 3.42. The molecule has 1 atom stereocenters. The summed E-state index contributed by atoms with van der Waals surface area (Å²) in [6.07, 6.45) is 1.11. The van der Waals surface area contributed by atoms with Crippen LogP contribution in [0.25, 0.3) is 0 Å². The number of nitrogen functional groups attached to an aromatic ring is 1. The van der Waals surface area contributed by atoms with E-state index in [0.29, 0.717) is 18.8 Å². The van der Waals surface area contributed by atoms with Crippen LogP contribution < -0.4 is 11.3 Å². The summed E-state index contributed by atoms with van der Waals surface area (Å²) in [5.74, 6) is 4.77. The Kier molecular flexibility index (Phi) is 4.71. The summed E-state index contributed by atoms with van der Waals surface area (Å²) in [6.45, 7) is 1.92. The third-order valence-electron chi connectivity index (χ3n) is 2.81. The molecule has 18 heavy (non-hydrogen) atoms. The Labute approximate surface area is 114 Å². The number of carbonyl (C=O) groups is 1. The van der Waals surface area contributed by atoms with Gasteiger partial charge < -0.3 is 9.47 Å². The quantitative estimate of drug-likeness (QED) is 0.500. The highest BCUT2D eigenvalue weighted by atomic mass is 79.9. The molecule has 98 valence electrons. The topological polar surface area (TPSA) is 73.6 Å². The molecule has 1 amide bonds. The molecule has 1 unspecified atom stereocenters. The second-order valence-corrected chi connectivity index (χ2v) is 4.93. The van der Waals surface area contributed by atoms with Gasteiger partial charge in [0.1, 0.15) is 0 Å². The first-order valence-electron chi connectivity index (χ1n) is 5.69. The minimum absolute atomic E-state index is 0.170. The van der Waals surface area contributed by atoms with E-state index in [2.05, 4.69) is 21.4 Å². The first-order chi connectivity index (χ1) is 8.70. The number of nitrogens with one attached hydrogen (secondary N) is 1. The Hall–Kier alpha value is -0.950. The zero-order valence-electron chi connectivity index (χ0n) is 9.82. The minimum atomic E-state index is -0.313. The predicted octanol–water partition coefficient (Wildman–Crippen LogP) is 1.36. The van der Waals surface area contributed by atoms with Crippen molar-refractivity contribution in [1.82, 2.24) is 5.43 Å². The van der Waals surface area contributed by atoms with Crippen molar-refractivity contribution >= 4 is 21.8 Å². The van der Waals surface area contributed by atoms with Crippen LogP contribution in [-0.4, -0.2) is 25.2 Å². The van der Waals surface area contributed by atoms with Crippen LogP contribution in [0.4, 0.5) is 0 Å². The maximum absolute atomic E-state index is 11.3. The smallest absolute Gasteiger partial charge is 0.265 e. The molecule has 0 saturated carbocycles. The van der Waals surface area contributed by atoms with Crippen molar-refractivity contribution < 1.29 is 14.3 Å². The van der Waals surface area contributed by atoms with Gasteiger partial charge in [0.2, 0.25) is 0 Å². The number of benzene rings is 1. The lowest BCUT2D eigenvalue weighted by molar-refractivity contribution is 0.0315. The van der Waals surface area contributed by atoms with Gasteiger partial charge in [-0.15, -0.1) is 0 Å². The Morgan fingerprint density at radius 3 is 3.06 bits per heavy atom. The van der Waals surface area contributed by atoms with Crippen molar-refractivity contribution in [1.29, 1.82) is 0 Å². The average Bonchev–Trinajstić information content (AvgIpc) is 2.89. The van der Waals surface area contributed by atoms with Gasteiger partial charge in [-0.2, -0.15) is 0 Å².